The van der Waals surface area contributed by atoms with Gasteiger partial charge in [0.25, 0.3) is 5.56 Å². The van der Waals surface area contributed by atoms with E-state index in [4.69, 9.17) is 4.74 Å². The Labute approximate surface area is 183 Å². The summed E-state index contributed by atoms with van der Waals surface area (Å²) in [5.41, 5.74) is -0.439. The molecule has 1 saturated heterocycles. The van der Waals surface area contributed by atoms with E-state index in [0.29, 0.717) is 17.3 Å². The zero-order valence-corrected chi connectivity index (χ0v) is 17.8. The monoisotopic (exact) mass is 435 g/mol. The number of imidazole rings is 1. The number of ether oxygens (including phenoxy) is 1. The molecule has 5 rings (SSSR count). The molecule has 0 unspecified atom stereocenters. The van der Waals surface area contributed by atoms with E-state index in [-0.39, 0.29) is 18.7 Å². The van der Waals surface area contributed by atoms with Gasteiger partial charge in [0.05, 0.1) is 6.54 Å². The summed E-state index contributed by atoms with van der Waals surface area (Å²) >= 11 is 0. The second-order valence-corrected chi connectivity index (χ2v) is 8.18. The van der Waals surface area contributed by atoms with Gasteiger partial charge >= 0.3 is 5.69 Å². The Kier molecular flexibility index (Phi) is 5.18. The number of anilines is 1. The number of aryl methyl sites for hydroxylation is 1. The highest BCUT2D eigenvalue weighted by molar-refractivity contribution is 5.83. The van der Waals surface area contributed by atoms with E-state index in [1.165, 1.54) is 4.57 Å². The summed E-state index contributed by atoms with van der Waals surface area (Å²) < 4.78 is 8.86. The number of benzene rings is 2. The lowest BCUT2D eigenvalue weighted by atomic mass is 10.1. The molecule has 0 bridgehead atoms. The number of fused-ring (bicyclic) bond motifs is 2. The Bertz CT molecular complexity index is 1400. The quantitative estimate of drug-likeness (QED) is 0.477. The minimum Gasteiger partial charge on any atom is -0.491 e. The molecule has 0 amide bonds. The Morgan fingerprint density at radius 3 is 2.66 bits per heavy atom. The van der Waals surface area contributed by atoms with Gasteiger partial charge in [-0.05, 0) is 35.7 Å². The third-order valence-electron chi connectivity index (χ3n) is 5.93. The van der Waals surface area contributed by atoms with Crippen molar-refractivity contribution >= 4 is 27.9 Å². The zero-order valence-electron chi connectivity index (χ0n) is 17.8. The van der Waals surface area contributed by atoms with Crippen molar-refractivity contribution < 1.29 is 9.84 Å². The van der Waals surface area contributed by atoms with Crippen LogP contribution in [0.5, 0.6) is 5.75 Å². The van der Waals surface area contributed by atoms with Crippen LogP contribution in [0.3, 0.4) is 0 Å². The molecular formula is C23H25N5O4. The molecular weight excluding hydrogens is 410 g/mol. The molecule has 2 aromatic heterocycles. The average Bonchev–Trinajstić information content (AvgIpc) is 3.44. The maximum absolute atomic E-state index is 12.6. The molecule has 3 heterocycles. The SMILES string of the molecule is Cn1c(=O)[nH]c(=O)c2c1nc(N1CCCC1)n2C[C@H](O)COc1ccc2ccccc2c1. The van der Waals surface area contributed by atoms with Gasteiger partial charge < -0.3 is 19.3 Å². The number of rotatable bonds is 6. The zero-order chi connectivity index (χ0) is 22.2. The van der Waals surface area contributed by atoms with Crippen molar-refractivity contribution in [1.82, 2.24) is 19.1 Å². The van der Waals surface area contributed by atoms with E-state index in [1.807, 2.05) is 42.5 Å². The van der Waals surface area contributed by atoms with Crippen LogP contribution in [0.4, 0.5) is 5.95 Å². The van der Waals surface area contributed by atoms with Gasteiger partial charge in [-0.2, -0.15) is 4.98 Å². The van der Waals surface area contributed by atoms with Crippen molar-refractivity contribution in [2.75, 3.05) is 24.6 Å². The van der Waals surface area contributed by atoms with Crippen LogP contribution in [-0.2, 0) is 13.6 Å². The number of aromatic nitrogens is 4. The number of H-pyrrole nitrogens is 1. The Morgan fingerprint density at radius 2 is 1.88 bits per heavy atom. The lowest BCUT2D eigenvalue weighted by Gasteiger charge is -2.20. The Morgan fingerprint density at radius 1 is 1.12 bits per heavy atom. The molecule has 4 aromatic rings. The van der Waals surface area contributed by atoms with Crippen molar-refractivity contribution in [3.8, 4) is 5.75 Å². The van der Waals surface area contributed by atoms with Crippen LogP contribution < -0.4 is 20.9 Å². The van der Waals surface area contributed by atoms with Crippen molar-refractivity contribution in [3.63, 3.8) is 0 Å². The minimum absolute atomic E-state index is 0.0567. The van der Waals surface area contributed by atoms with Gasteiger partial charge in [0, 0.05) is 20.1 Å². The van der Waals surface area contributed by atoms with E-state index < -0.39 is 17.4 Å². The van der Waals surface area contributed by atoms with Crippen LogP contribution in [0.15, 0.2) is 52.1 Å². The molecule has 0 aliphatic carbocycles. The number of hydrogen-bond donors (Lipinski definition) is 2. The summed E-state index contributed by atoms with van der Waals surface area (Å²) in [4.78, 5) is 33.7. The molecule has 0 saturated carbocycles. The van der Waals surface area contributed by atoms with Gasteiger partial charge in [-0.15, -0.1) is 0 Å². The van der Waals surface area contributed by atoms with E-state index in [0.717, 1.165) is 36.7 Å². The first-order chi connectivity index (χ1) is 15.5. The number of aliphatic hydroxyl groups excluding tert-OH is 1. The summed E-state index contributed by atoms with van der Waals surface area (Å²) in [6.07, 6.45) is 1.19. The minimum atomic E-state index is -0.878. The topological polar surface area (TPSA) is 105 Å². The molecule has 2 N–H and O–H groups in total. The average molecular weight is 435 g/mol. The van der Waals surface area contributed by atoms with Crippen molar-refractivity contribution in [1.29, 1.82) is 0 Å². The second-order valence-electron chi connectivity index (χ2n) is 8.18. The molecule has 9 nitrogen and oxygen atoms in total. The number of nitrogens with zero attached hydrogens (tertiary/aromatic N) is 4. The van der Waals surface area contributed by atoms with Crippen LogP contribution in [0.25, 0.3) is 21.9 Å². The first kappa shape index (κ1) is 20.3. The van der Waals surface area contributed by atoms with Gasteiger partial charge in [0.15, 0.2) is 11.2 Å². The third-order valence-corrected chi connectivity index (χ3v) is 5.93. The maximum atomic E-state index is 12.6. The van der Waals surface area contributed by atoms with Gasteiger partial charge in [0.1, 0.15) is 18.5 Å². The molecule has 1 atom stereocenters. The Hall–Kier alpha value is -3.59. The predicted octanol–water partition coefficient (Wildman–Crippen LogP) is 1.62. The first-order valence-corrected chi connectivity index (χ1v) is 10.8. The van der Waals surface area contributed by atoms with Crippen LogP contribution in [-0.4, -0.2) is 50.0 Å². The standard InChI is InChI=1S/C23H25N5O4/c1-26-20-19(21(30)25-23(26)31)28(22(24-20)27-10-4-5-11-27)13-17(29)14-32-18-9-8-15-6-2-3-7-16(15)12-18/h2-3,6-9,12,17,29H,4-5,10-11,13-14H2,1H3,(H,25,30,31)/t17-/m0/s1. The van der Waals surface area contributed by atoms with E-state index >= 15 is 0 Å². The molecule has 32 heavy (non-hydrogen) atoms. The highest BCUT2D eigenvalue weighted by Crippen LogP contribution is 2.24. The molecule has 9 heteroatoms. The molecule has 2 aromatic carbocycles. The van der Waals surface area contributed by atoms with Crippen LogP contribution >= 0.6 is 0 Å². The van der Waals surface area contributed by atoms with E-state index in [2.05, 4.69) is 14.9 Å². The highest BCUT2D eigenvalue weighted by Gasteiger charge is 2.25. The fraction of sp³-hybridized carbons (Fsp3) is 0.348. The van der Waals surface area contributed by atoms with Crippen molar-refractivity contribution in [2.45, 2.75) is 25.5 Å². The predicted molar refractivity (Wildman–Crippen MR) is 122 cm³/mol. The number of aromatic amines is 1. The normalized spacial score (nSPS) is 15.0. The fourth-order valence-electron chi connectivity index (χ4n) is 4.27. The van der Waals surface area contributed by atoms with Crippen LogP contribution in [0, 0.1) is 0 Å². The van der Waals surface area contributed by atoms with Crippen LogP contribution in [0.1, 0.15) is 12.8 Å². The number of hydrogen-bond acceptors (Lipinski definition) is 6. The molecule has 0 radical (unpaired) electrons. The van der Waals surface area contributed by atoms with Gasteiger partial charge in [-0.3, -0.25) is 14.3 Å². The highest BCUT2D eigenvalue weighted by atomic mass is 16.5. The number of nitrogens with one attached hydrogen (secondary N) is 1. The van der Waals surface area contributed by atoms with E-state index in [9.17, 15) is 14.7 Å². The lowest BCUT2D eigenvalue weighted by molar-refractivity contribution is 0.0937. The summed E-state index contributed by atoms with van der Waals surface area (Å²) in [6, 6.07) is 13.8. The molecule has 166 valence electrons. The van der Waals surface area contributed by atoms with Crippen LogP contribution in [0.2, 0.25) is 0 Å². The smallest absolute Gasteiger partial charge is 0.329 e. The second kappa shape index (κ2) is 8.16. The molecule has 1 fully saturated rings. The van der Waals surface area contributed by atoms with Crippen molar-refractivity contribution in [2.24, 2.45) is 7.05 Å². The van der Waals surface area contributed by atoms with E-state index in [1.54, 1.807) is 11.6 Å². The van der Waals surface area contributed by atoms with Crippen molar-refractivity contribution in [3.05, 3.63) is 63.3 Å². The molecule has 0 spiro atoms. The van der Waals surface area contributed by atoms with Gasteiger partial charge in [-0.1, -0.05) is 30.3 Å². The van der Waals surface area contributed by atoms with Gasteiger partial charge in [0.2, 0.25) is 5.95 Å². The summed E-state index contributed by atoms with van der Waals surface area (Å²) in [5.74, 6) is 1.26. The summed E-state index contributed by atoms with van der Waals surface area (Å²) in [5, 5.41) is 12.9. The molecule has 1 aliphatic rings. The fourth-order valence-corrected chi connectivity index (χ4v) is 4.27. The maximum Gasteiger partial charge on any atom is 0.329 e. The largest absolute Gasteiger partial charge is 0.491 e. The lowest BCUT2D eigenvalue weighted by Crippen LogP contribution is -2.31. The summed E-state index contributed by atoms with van der Waals surface area (Å²) in [6.45, 7) is 1.82. The molecule has 1 aliphatic heterocycles. The first-order valence-electron chi connectivity index (χ1n) is 10.8. The summed E-state index contributed by atoms with van der Waals surface area (Å²) in [7, 11) is 1.57. The van der Waals surface area contributed by atoms with Gasteiger partial charge in [-0.25, -0.2) is 4.79 Å². The third kappa shape index (κ3) is 3.64. The number of aliphatic hydroxyl groups is 1. The Balaban J connectivity index is 1.43.